The van der Waals surface area contributed by atoms with Crippen molar-refractivity contribution in [3.63, 3.8) is 0 Å². The van der Waals surface area contributed by atoms with Crippen LogP contribution in [0.4, 0.5) is 0 Å². The molecule has 1 unspecified atom stereocenters. The van der Waals surface area contributed by atoms with Crippen molar-refractivity contribution in [2.75, 3.05) is 6.61 Å². The number of carbonyl (C=O) groups excluding carboxylic acids is 2. The lowest BCUT2D eigenvalue weighted by molar-refractivity contribution is -0.151. The molecule has 0 bridgehead atoms. The van der Waals surface area contributed by atoms with Crippen LogP contribution in [0.3, 0.4) is 0 Å². The molecule has 1 aromatic rings. The fraction of sp³-hybridized carbons (Fsp3) is 0.357. The summed E-state index contributed by atoms with van der Waals surface area (Å²) in [4.78, 5) is 26.5. The molecule has 0 aromatic carbocycles. The number of rotatable bonds is 6. The third kappa shape index (κ3) is 4.17. The fourth-order valence-electron chi connectivity index (χ4n) is 1.77. The predicted molar refractivity (Wildman–Crippen MR) is 68.3 cm³/mol. The standard InChI is InChI=1S/C14H15NO5/c16-12(5-4-10-9-13(17)20-14(10)18)19-8-6-11-3-1-2-7-15-11/h1-3,7,9,14,18H,4-6,8H2. The minimum absolute atomic E-state index is 0.0990. The number of aliphatic hydroxyl groups is 1. The molecule has 0 aliphatic carbocycles. The lowest BCUT2D eigenvalue weighted by Crippen LogP contribution is -2.12. The summed E-state index contributed by atoms with van der Waals surface area (Å²) in [6.45, 7) is 0.257. The van der Waals surface area contributed by atoms with Gasteiger partial charge in [-0.2, -0.15) is 0 Å². The van der Waals surface area contributed by atoms with Crippen LogP contribution in [-0.4, -0.2) is 34.9 Å². The molecule has 6 heteroatoms. The van der Waals surface area contributed by atoms with E-state index in [2.05, 4.69) is 9.72 Å². The van der Waals surface area contributed by atoms with E-state index >= 15 is 0 Å². The number of aromatic nitrogens is 1. The van der Waals surface area contributed by atoms with Crippen LogP contribution in [-0.2, 0) is 25.5 Å². The summed E-state index contributed by atoms with van der Waals surface area (Å²) in [6, 6.07) is 5.55. The lowest BCUT2D eigenvalue weighted by atomic mass is 10.1. The molecule has 1 aromatic heterocycles. The summed E-state index contributed by atoms with van der Waals surface area (Å²) in [6.07, 6.45) is 2.55. The SMILES string of the molecule is O=C1C=C(CCC(=O)OCCc2ccccn2)C(O)O1. The smallest absolute Gasteiger partial charge is 0.333 e. The Morgan fingerprint density at radius 3 is 2.90 bits per heavy atom. The first kappa shape index (κ1) is 14.2. The van der Waals surface area contributed by atoms with Gasteiger partial charge in [-0.1, -0.05) is 6.07 Å². The third-order valence-corrected chi connectivity index (χ3v) is 2.81. The van der Waals surface area contributed by atoms with E-state index in [4.69, 9.17) is 4.74 Å². The Balaban J connectivity index is 1.66. The quantitative estimate of drug-likeness (QED) is 0.772. The van der Waals surface area contributed by atoms with Gasteiger partial charge in [-0.15, -0.1) is 0 Å². The van der Waals surface area contributed by atoms with Gasteiger partial charge in [-0.3, -0.25) is 9.78 Å². The maximum absolute atomic E-state index is 11.5. The molecule has 0 radical (unpaired) electrons. The van der Waals surface area contributed by atoms with Crippen LogP contribution in [0, 0.1) is 0 Å². The van der Waals surface area contributed by atoms with Gasteiger partial charge in [0.2, 0.25) is 6.29 Å². The zero-order chi connectivity index (χ0) is 14.4. The molecule has 1 aliphatic rings. The Labute approximate surface area is 116 Å². The number of carbonyl (C=O) groups is 2. The molecule has 1 N–H and O–H groups in total. The number of esters is 2. The van der Waals surface area contributed by atoms with E-state index in [9.17, 15) is 14.7 Å². The molecule has 0 saturated carbocycles. The predicted octanol–water partition coefficient (Wildman–Crippen LogP) is 0.749. The molecule has 2 heterocycles. The molecule has 6 nitrogen and oxygen atoms in total. The summed E-state index contributed by atoms with van der Waals surface area (Å²) >= 11 is 0. The number of hydrogen-bond donors (Lipinski definition) is 1. The molecule has 0 fully saturated rings. The first-order valence-electron chi connectivity index (χ1n) is 6.30. The summed E-state index contributed by atoms with van der Waals surface area (Å²) in [7, 11) is 0. The van der Waals surface area contributed by atoms with E-state index in [-0.39, 0.29) is 25.4 Å². The van der Waals surface area contributed by atoms with Crippen molar-refractivity contribution >= 4 is 11.9 Å². The maximum Gasteiger partial charge on any atom is 0.333 e. The highest BCUT2D eigenvalue weighted by molar-refractivity contribution is 5.85. The summed E-state index contributed by atoms with van der Waals surface area (Å²) in [5.74, 6) is -0.968. The third-order valence-electron chi connectivity index (χ3n) is 2.81. The zero-order valence-electron chi connectivity index (χ0n) is 10.8. The number of pyridine rings is 1. The molecule has 1 atom stereocenters. The average Bonchev–Trinajstić information content (AvgIpc) is 2.76. The van der Waals surface area contributed by atoms with Crippen LogP contribution in [0.25, 0.3) is 0 Å². The number of ether oxygens (including phenoxy) is 2. The van der Waals surface area contributed by atoms with Gasteiger partial charge in [0.15, 0.2) is 0 Å². The first-order valence-corrected chi connectivity index (χ1v) is 6.30. The first-order chi connectivity index (χ1) is 9.65. The maximum atomic E-state index is 11.5. The highest BCUT2D eigenvalue weighted by Gasteiger charge is 2.23. The van der Waals surface area contributed by atoms with Gasteiger partial charge in [0.1, 0.15) is 0 Å². The zero-order valence-corrected chi connectivity index (χ0v) is 10.8. The van der Waals surface area contributed by atoms with Crippen molar-refractivity contribution in [3.05, 3.63) is 41.7 Å². The van der Waals surface area contributed by atoms with Gasteiger partial charge in [-0.25, -0.2) is 4.79 Å². The Bertz CT molecular complexity index is 512. The highest BCUT2D eigenvalue weighted by atomic mass is 16.6. The van der Waals surface area contributed by atoms with E-state index in [0.717, 1.165) is 5.69 Å². The molecule has 0 spiro atoms. The Hall–Kier alpha value is -2.21. The van der Waals surface area contributed by atoms with Crippen molar-refractivity contribution in [1.82, 2.24) is 4.98 Å². The van der Waals surface area contributed by atoms with Gasteiger partial charge in [-0.05, 0) is 18.6 Å². The lowest BCUT2D eigenvalue weighted by Gasteiger charge is -2.07. The van der Waals surface area contributed by atoms with Crippen molar-refractivity contribution in [1.29, 1.82) is 0 Å². The Morgan fingerprint density at radius 1 is 1.40 bits per heavy atom. The second-order valence-corrected chi connectivity index (χ2v) is 4.30. The molecule has 0 amide bonds. The largest absolute Gasteiger partial charge is 0.465 e. The molecule has 1 aliphatic heterocycles. The van der Waals surface area contributed by atoms with Crippen LogP contribution in [0.15, 0.2) is 36.0 Å². The van der Waals surface area contributed by atoms with Gasteiger partial charge >= 0.3 is 11.9 Å². The summed E-state index contributed by atoms with van der Waals surface area (Å²) in [5.41, 5.74) is 1.25. The van der Waals surface area contributed by atoms with Gasteiger partial charge in [0.25, 0.3) is 0 Å². The van der Waals surface area contributed by atoms with Crippen LogP contribution >= 0.6 is 0 Å². The number of nitrogens with zero attached hydrogens (tertiary/aromatic N) is 1. The Kier molecular flexibility index (Phi) is 4.84. The molecule has 0 saturated heterocycles. The van der Waals surface area contributed by atoms with Crippen LogP contribution in [0.5, 0.6) is 0 Å². The van der Waals surface area contributed by atoms with Crippen LogP contribution in [0.2, 0.25) is 0 Å². The van der Waals surface area contributed by atoms with E-state index in [0.29, 0.717) is 12.0 Å². The van der Waals surface area contributed by atoms with Gasteiger partial charge in [0.05, 0.1) is 6.61 Å². The minimum Gasteiger partial charge on any atom is -0.465 e. The minimum atomic E-state index is -1.23. The average molecular weight is 277 g/mol. The molecule has 2 rings (SSSR count). The second-order valence-electron chi connectivity index (χ2n) is 4.30. The summed E-state index contributed by atoms with van der Waals surface area (Å²) < 4.78 is 9.56. The second kappa shape index (κ2) is 6.81. The van der Waals surface area contributed by atoms with Crippen molar-refractivity contribution in [3.8, 4) is 0 Å². The molecule has 106 valence electrons. The van der Waals surface area contributed by atoms with E-state index in [1.807, 2.05) is 18.2 Å². The number of cyclic esters (lactones) is 1. The van der Waals surface area contributed by atoms with Crippen molar-refractivity contribution in [2.45, 2.75) is 25.6 Å². The van der Waals surface area contributed by atoms with Gasteiger partial charge < -0.3 is 14.6 Å². The monoisotopic (exact) mass is 277 g/mol. The van der Waals surface area contributed by atoms with E-state index in [1.54, 1.807) is 6.20 Å². The van der Waals surface area contributed by atoms with E-state index in [1.165, 1.54) is 6.08 Å². The number of hydrogen-bond acceptors (Lipinski definition) is 6. The molecular formula is C14H15NO5. The molecular weight excluding hydrogens is 262 g/mol. The highest BCUT2D eigenvalue weighted by Crippen LogP contribution is 2.18. The van der Waals surface area contributed by atoms with Crippen LogP contribution in [0.1, 0.15) is 18.5 Å². The fourth-order valence-corrected chi connectivity index (χ4v) is 1.77. The molecule has 20 heavy (non-hydrogen) atoms. The summed E-state index contributed by atoms with van der Waals surface area (Å²) in [5, 5.41) is 9.33. The normalized spacial score (nSPS) is 17.6. The van der Waals surface area contributed by atoms with Gasteiger partial charge in [0, 0.05) is 36.4 Å². The van der Waals surface area contributed by atoms with Crippen molar-refractivity contribution < 1.29 is 24.2 Å². The van der Waals surface area contributed by atoms with E-state index < -0.39 is 12.3 Å². The topological polar surface area (TPSA) is 85.7 Å². The van der Waals surface area contributed by atoms with Crippen LogP contribution < -0.4 is 0 Å². The van der Waals surface area contributed by atoms with Crippen molar-refractivity contribution in [2.24, 2.45) is 0 Å². The Morgan fingerprint density at radius 2 is 2.25 bits per heavy atom. The number of aliphatic hydroxyl groups excluding tert-OH is 1.